The van der Waals surface area contributed by atoms with E-state index in [4.69, 9.17) is 4.74 Å². The van der Waals surface area contributed by atoms with Crippen molar-refractivity contribution in [1.82, 2.24) is 5.32 Å². The Morgan fingerprint density at radius 3 is 3.00 bits per heavy atom. The number of fused-ring (bicyclic) bond motifs is 1. The first-order chi connectivity index (χ1) is 8.96. The van der Waals surface area contributed by atoms with Gasteiger partial charge in [-0.15, -0.1) is 0 Å². The molecule has 1 aromatic carbocycles. The van der Waals surface area contributed by atoms with Gasteiger partial charge in [0.05, 0.1) is 18.1 Å². The molecule has 19 heavy (non-hydrogen) atoms. The summed E-state index contributed by atoms with van der Waals surface area (Å²) < 4.78 is 28.6. The molecule has 0 bridgehead atoms. The van der Waals surface area contributed by atoms with Crippen LogP contribution in [-0.4, -0.2) is 32.1 Å². The van der Waals surface area contributed by atoms with E-state index in [1.54, 1.807) is 0 Å². The average Bonchev–Trinajstić information content (AvgIpc) is 2.91. The minimum Gasteiger partial charge on any atom is -0.493 e. The van der Waals surface area contributed by atoms with Crippen LogP contribution in [0.15, 0.2) is 18.2 Å². The van der Waals surface area contributed by atoms with Crippen LogP contribution in [0.5, 0.6) is 5.75 Å². The van der Waals surface area contributed by atoms with E-state index in [9.17, 15) is 8.42 Å². The van der Waals surface area contributed by atoms with Crippen molar-refractivity contribution in [3.63, 3.8) is 0 Å². The van der Waals surface area contributed by atoms with Gasteiger partial charge in [-0.05, 0) is 30.5 Å². The van der Waals surface area contributed by atoms with Gasteiger partial charge in [0.25, 0.3) is 0 Å². The van der Waals surface area contributed by atoms with Gasteiger partial charge in [0.1, 0.15) is 5.75 Å². The highest BCUT2D eigenvalue weighted by Crippen LogP contribution is 2.27. The topological polar surface area (TPSA) is 55.4 Å². The van der Waals surface area contributed by atoms with E-state index in [0.29, 0.717) is 18.7 Å². The van der Waals surface area contributed by atoms with Crippen LogP contribution in [-0.2, 0) is 22.8 Å². The zero-order valence-corrected chi connectivity index (χ0v) is 11.9. The maximum Gasteiger partial charge on any atom is 0.152 e. The zero-order valence-electron chi connectivity index (χ0n) is 11.1. The van der Waals surface area contributed by atoms with E-state index in [1.807, 2.05) is 19.1 Å². The van der Waals surface area contributed by atoms with Crippen LogP contribution in [0, 0.1) is 0 Å². The van der Waals surface area contributed by atoms with E-state index < -0.39 is 9.84 Å². The molecule has 0 aliphatic carbocycles. The van der Waals surface area contributed by atoms with Gasteiger partial charge in [0, 0.05) is 18.5 Å². The highest BCUT2D eigenvalue weighted by molar-refractivity contribution is 7.91. The van der Waals surface area contributed by atoms with Crippen LogP contribution < -0.4 is 10.1 Å². The van der Waals surface area contributed by atoms with Crippen molar-refractivity contribution in [2.75, 3.05) is 18.1 Å². The minimum atomic E-state index is -2.85. The molecule has 0 aromatic heterocycles. The third-order valence-electron chi connectivity index (χ3n) is 3.98. The molecule has 1 N–H and O–H groups in total. The van der Waals surface area contributed by atoms with Gasteiger partial charge in [-0.2, -0.15) is 0 Å². The van der Waals surface area contributed by atoms with E-state index >= 15 is 0 Å². The molecular weight excluding hydrogens is 262 g/mol. The fraction of sp³-hybridized carbons (Fsp3) is 0.571. The number of ether oxygens (including phenoxy) is 1. The number of nitrogens with one attached hydrogen (secondary N) is 1. The number of sulfone groups is 1. The van der Waals surface area contributed by atoms with Crippen molar-refractivity contribution in [2.45, 2.75) is 31.8 Å². The molecule has 5 heteroatoms. The zero-order chi connectivity index (χ0) is 13.5. The third-order valence-corrected chi connectivity index (χ3v) is 5.88. The van der Waals surface area contributed by atoms with E-state index in [2.05, 4.69) is 11.4 Å². The summed E-state index contributed by atoms with van der Waals surface area (Å²) in [4.78, 5) is 0. The molecule has 0 saturated carbocycles. The highest BCUT2D eigenvalue weighted by atomic mass is 32.2. The highest BCUT2D eigenvalue weighted by Gasteiger charge is 2.37. The summed E-state index contributed by atoms with van der Waals surface area (Å²) in [5.41, 5.74) is 2.16. The quantitative estimate of drug-likeness (QED) is 0.907. The number of rotatable bonds is 3. The first-order valence-electron chi connectivity index (χ1n) is 6.66. The molecule has 1 unspecified atom stereocenters. The van der Waals surface area contributed by atoms with Gasteiger partial charge in [-0.25, -0.2) is 8.42 Å². The molecule has 2 heterocycles. The van der Waals surface area contributed by atoms with Crippen LogP contribution in [0.1, 0.15) is 24.5 Å². The molecule has 0 amide bonds. The Bertz CT molecular complexity index is 597. The third kappa shape index (κ3) is 2.77. The van der Waals surface area contributed by atoms with Gasteiger partial charge >= 0.3 is 0 Å². The monoisotopic (exact) mass is 281 g/mol. The maximum atomic E-state index is 11.6. The molecule has 3 rings (SSSR count). The van der Waals surface area contributed by atoms with Gasteiger partial charge in [0.15, 0.2) is 9.84 Å². The van der Waals surface area contributed by atoms with Crippen molar-refractivity contribution in [1.29, 1.82) is 0 Å². The number of hydrogen-bond donors (Lipinski definition) is 1. The van der Waals surface area contributed by atoms with Crippen LogP contribution in [0.25, 0.3) is 0 Å². The largest absolute Gasteiger partial charge is 0.493 e. The lowest BCUT2D eigenvalue weighted by molar-refractivity contribution is 0.356. The van der Waals surface area contributed by atoms with Crippen LogP contribution >= 0.6 is 0 Å². The Morgan fingerprint density at radius 1 is 1.42 bits per heavy atom. The lowest BCUT2D eigenvalue weighted by atomic mass is 10.0. The minimum absolute atomic E-state index is 0.244. The maximum absolute atomic E-state index is 11.6. The molecular formula is C14H19NO3S. The fourth-order valence-electron chi connectivity index (χ4n) is 2.82. The Hall–Kier alpha value is -1.07. The lowest BCUT2D eigenvalue weighted by Gasteiger charge is -2.24. The van der Waals surface area contributed by atoms with Gasteiger partial charge in [-0.1, -0.05) is 12.1 Å². The van der Waals surface area contributed by atoms with Crippen LogP contribution in [0.2, 0.25) is 0 Å². The lowest BCUT2D eigenvalue weighted by Crippen LogP contribution is -2.42. The second-order valence-electron chi connectivity index (χ2n) is 5.80. The molecule has 2 aliphatic heterocycles. The molecule has 0 radical (unpaired) electrons. The Balaban J connectivity index is 1.67. The fourth-order valence-corrected chi connectivity index (χ4v) is 4.94. The molecule has 1 aromatic rings. The first kappa shape index (κ1) is 12.9. The standard InChI is InChI=1S/C14H19NO3S/c1-14(5-7-19(16,17)10-14)15-9-11-2-3-13-12(8-11)4-6-18-13/h2-3,8,15H,4-7,9-10H2,1H3. The second-order valence-corrected chi connectivity index (χ2v) is 7.98. The van der Waals surface area contributed by atoms with Crippen LogP contribution in [0.4, 0.5) is 0 Å². The predicted molar refractivity (Wildman–Crippen MR) is 74.2 cm³/mol. The molecule has 1 saturated heterocycles. The number of benzene rings is 1. The average molecular weight is 281 g/mol. The molecule has 1 fully saturated rings. The SMILES string of the molecule is CC1(NCc2ccc3c(c2)CCO3)CCS(=O)(=O)C1. The predicted octanol–water partition coefficient (Wildman–Crippen LogP) is 1.29. The van der Waals surface area contributed by atoms with E-state index in [0.717, 1.165) is 18.8 Å². The smallest absolute Gasteiger partial charge is 0.152 e. The Kier molecular flexibility index (Phi) is 3.06. The van der Waals surface area contributed by atoms with E-state index in [-0.39, 0.29) is 11.3 Å². The normalized spacial score (nSPS) is 28.1. The summed E-state index contributed by atoms with van der Waals surface area (Å²) in [5, 5.41) is 3.40. The Labute approximate surface area is 114 Å². The van der Waals surface area contributed by atoms with Crippen molar-refractivity contribution >= 4 is 9.84 Å². The summed E-state index contributed by atoms with van der Waals surface area (Å²) in [6.07, 6.45) is 1.66. The summed E-state index contributed by atoms with van der Waals surface area (Å²) in [6.45, 7) is 3.47. The summed E-state index contributed by atoms with van der Waals surface area (Å²) in [6, 6.07) is 6.21. The number of hydrogen-bond acceptors (Lipinski definition) is 4. The molecule has 1 atom stereocenters. The van der Waals surface area contributed by atoms with Crippen LogP contribution in [0.3, 0.4) is 0 Å². The van der Waals surface area contributed by atoms with Crippen molar-refractivity contribution in [2.24, 2.45) is 0 Å². The molecule has 2 aliphatic rings. The van der Waals surface area contributed by atoms with Crippen molar-refractivity contribution < 1.29 is 13.2 Å². The first-order valence-corrected chi connectivity index (χ1v) is 8.48. The summed E-state index contributed by atoms with van der Waals surface area (Å²) >= 11 is 0. The van der Waals surface area contributed by atoms with Gasteiger partial charge in [0.2, 0.25) is 0 Å². The van der Waals surface area contributed by atoms with Gasteiger partial charge < -0.3 is 10.1 Å². The summed E-state index contributed by atoms with van der Waals surface area (Å²) in [7, 11) is -2.85. The Morgan fingerprint density at radius 2 is 2.26 bits per heavy atom. The van der Waals surface area contributed by atoms with Crippen molar-refractivity contribution in [3.05, 3.63) is 29.3 Å². The molecule has 0 spiro atoms. The van der Waals surface area contributed by atoms with Crippen molar-refractivity contribution in [3.8, 4) is 5.75 Å². The second kappa shape index (κ2) is 4.49. The summed E-state index contributed by atoms with van der Waals surface area (Å²) in [5.74, 6) is 1.53. The van der Waals surface area contributed by atoms with Gasteiger partial charge in [-0.3, -0.25) is 0 Å². The molecule has 4 nitrogen and oxygen atoms in total. The van der Waals surface area contributed by atoms with E-state index in [1.165, 1.54) is 11.1 Å². The molecule has 104 valence electrons.